The van der Waals surface area contributed by atoms with E-state index in [1.54, 1.807) is 25.6 Å². The Balaban J connectivity index is 2.17. The maximum absolute atomic E-state index is 5.70. The molecule has 1 aromatic carbocycles. The van der Waals surface area contributed by atoms with Gasteiger partial charge in [-0.1, -0.05) is 11.8 Å². The molecule has 2 aromatic rings. The first-order valence-corrected chi connectivity index (χ1v) is 6.09. The van der Waals surface area contributed by atoms with E-state index in [1.165, 1.54) is 0 Å². The number of nitrogens with two attached hydrogens (primary N) is 1. The second-order valence-corrected chi connectivity index (χ2v) is 3.82. The molecule has 0 radical (unpaired) electrons. The Hall–Kier alpha value is -2.58. The van der Waals surface area contributed by atoms with Crippen LogP contribution >= 0.6 is 0 Å². The van der Waals surface area contributed by atoms with Gasteiger partial charge < -0.3 is 15.2 Å². The predicted octanol–water partition coefficient (Wildman–Crippen LogP) is 1.37. The fourth-order valence-electron chi connectivity index (χ4n) is 1.55. The van der Waals surface area contributed by atoms with E-state index in [0.29, 0.717) is 18.1 Å². The predicted molar refractivity (Wildman–Crippen MR) is 75.3 cm³/mol. The van der Waals surface area contributed by atoms with Crippen molar-refractivity contribution in [3.05, 3.63) is 48.0 Å². The average molecular weight is 269 g/mol. The van der Waals surface area contributed by atoms with Gasteiger partial charge in [0.15, 0.2) is 5.82 Å². The number of hydrogen-bond acceptors (Lipinski definition) is 5. The van der Waals surface area contributed by atoms with E-state index >= 15 is 0 Å². The highest BCUT2D eigenvalue weighted by molar-refractivity contribution is 5.50. The van der Waals surface area contributed by atoms with Crippen LogP contribution in [0.5, 0.6) is 11.5 Å². The molecule has 102 valence electrons. The molecule has 0 amide bonds. The van der Waals surface area contributed by atoms with Crippen molar-refractivity contribution in [1.29, 1.82) is 0 Å². The minimum atomic E-state index is 0.282. The van der Waals surface area contributed by atoms with Crippen molar-refractivity contribution in [1.82, 2.24) is 9.97 Å². The maximum Gasteiger partial charge on any atom is 0.166 e. The molecule has 2 rings (SSSR count). The Labute approximate surface area is 117 Å². The Kier molecular flexibility index (Phi) is 4.93. The van der Waals surface area contributed by atoms with Crippen LogP contribution in [0.1, 0.15) is 11.4 Å². The van der Waals surface area contributed by atoms with E-state index in [2.05, 4.69) is 21.8 Å². The van der Waals surface area contributed by atoms with Crippen LogP contribution in [0, 0.1) is 11.8 Å². The number of aromatic nitrogens is 2. The molecule has 0 aliphatic heterocycles. The SMILES string of the molecule is COc1ccc(OCc2ncccn2)c(C#CCN)c1. The molecular weight excluding hydrogens is 254 g/mol. The first-order chi connectivity index (χ1) is 9.83. The molecule has 1 heterocycles. The molecule has 0 saturated carbocycles. The van der Waals surface area contributed by atoms with Gasteiger partial charge in [0.1, 0.15) is 18.1 Å². The van der Waals surface area contributed by atoms with Gasteiger partial charge in [-0.15, -0.1) is 0 Å². The highest BCUT2D eigenvalue weighted by Crippen LogP contribution is 2.23. The van der Waals surface area contributed by atoms with Crippen molar-refractivity contribution in [3.63, 3.8) is 0 Å². The topological polar surface area (TPSA) is 70.3 Å². The van der Waals surface area contributed by atoms with E-state index < -0.39 is 0 Å². The Morgan fingerprint density at radius 2 is 2.05 bits per heavy atom. The molecule has 5 nitrogen and oxygen atoms in total. The molecule has 0 spiro atoms. The van der Waals surface area contributed by atoms with Gasteiger partial charge in [0.25, 0.3) is 0 Å². The lowest BCUT2D eigenvalue weighted by molar-refractivity contribution is 0.294. The summed E-state index contributed by atoms with van der Waals surface area (Å²) in [4.78, 5) is 8.21. The maximum atomic E-state index is 5.70. The average Bonchev–Trinajstić information content (AvgIpc) is 2.52. The quantitative estimate of drug-likeness (QED) is 0.849. The molecule has 2 N–H and O–H groups in total. The zero-order valence-corrected chi connectivity index (χ0v) is 11.2. The number of benzene rings is 1. The van der Waals surface area contributed by atoms with Crippen LogP contribution in [0.3, 0.4) is 0 Å². The first-order valence-electron chi connectivity index (χ1n) is 6.09. The van der Waals surface area contributed by atoms with Crippen molar-refractivity contribution in [2.24, 2.45) is 5.73 Å². The monoisotopic (exact) mass is 269 g/mol. The minimum Gasteiger partial charge on any atom is -0.497 e. The van der Waals surface area contributed by atoms with Crippen LogP contribution in [-0.4, -0.2) is 23.6 Å². The van der Waals surface area contributed by atoms with Crippen LogP contribution in [-0.2, 0) is 6.61 Å². The van der Waals surface area contributed by atoms with Gasteiger partial charge in [0.05, 0.1) is 19.2 Å². The van der Waals surface area contributed by atoms with Crippen molar-refractivity contribution in [2.75, 3.05) is 13.7 Å². The molecule has 0 saturated heterocycles. The van der Waals surface area contributed by atoms with E-state index in [-0.39, 0.29) is 6.61 Å². The molecule has 0 atom stereocenters. The summed E-state index contributed by atoms with van der Waals surface area (Å²) in [6.45, 7) is 0.572. The second kappa shape index (κ2) is 7.12. The van der Waals surface area contributed by atoms with Crippen LogP contribution in [0.4, 0.5) is 0 Å². The Morgan fingerprint density at radius 1 is 1.25 bits per heavy atom. The number of rotatable bonds is 4. The van der Waals surface area contributed by atoms with Crippen molar-refractivity contribution >= 4 is 0 Å². The zero-order chi connectivity index (χ0) is 14.2. The van der Waals surface area contributed by atoms with Crippen molar-refractivity contribution in [3.8, 4) is 23.3 Å². The molecule has 0 aliphatic rings. The van der Waals surface area contributed by atoms with Gasteiger partial charge in [-0.05, 0) is 24.3 Å². The molecule has 1 aromatic heterocycles. The molecule has 0 aliphatic carbocycles. The normalized spacial score (nSPS) is 9.50. The second-order valence-electron chi connectivity index (χ2n) is 3.82. The third kappa shape index (κ3) is 3.70. The highest BCUT2D eigenvalue weighted by atomic mass is 16.5. The summed E-state index contributed by atoms with van der Waals surface area (Å²) in [5.41, 5.74) is 6.12. The molecule has 5 heteroatoms. The largest absolute Gasteiger partial charge is 0.497 e. The summed E-state index contributed by atoms with van der Waals surface area (Å²) in [6.07, 6.45) is 3.35. The zero-order valence-electron chi connectivity index (χ0n) is 11.2. The highest BCUT2D eigenvalue weighted by Gasteiger charge is 2.05. The lowest BCUT2D eigenvalue weighted by Crippen LogP contribution is -2.02. The Bertz CT molecular complexity index is 618. The fourth-order valence-corrected chi connectivity index (χ4v) is 1.55. The van der Waals surface area contributed by atoms with Crippen LogP contribution in [0.25, 0.3) is 0 Å². The van der Waals surface area contributed by atoms with E-state index in [0.717, 1.165) is 11.3 Å². The molecule has 0 fully saturated rings. The van der Waals surface area contributed by atoms with Crippen molar-refractivity contribution in [2.45, 2.75) is 6.61 Å². The Morgan fingerprint density at radius 3 is 2.75 bits per heavy atom. The number of nitrogens with zero attached hydrogens (tertiary/aromatic N) is 2. The smallest absolute Gasteiger partial charge is 0.166 e. The first kappa shape index (κ1) is 13.8. The standard InChI is InChI=1S/C15H15N3O2/c1-19-13-5-6-14(12(10-13)4-2-7-16)20-11-15-17-8-3-9-18-15/h3,5-6,8-10H,7,11,16H2,1H3. The van der Waals surface area contributed by atoms with Gasteiger partial charge in [0.2, 0.25) is 0 Å². The summed E-state index contributed by atoms with van der Waals surface area (Å²) >= 11 is 0. The number of hydrogen-bond donors (Lipinski definition) is 1. The third-order valence-corrected chi connectivity index (χ3v) is 2.49. The van der Waals surface area contributed by atoms with Crippen LogP contribution in [0.15, 0.2) is 36.7 Å². The van der Waals surface area contributed by atoms with Gasteiger partial charge in [0, 0.05) is 12.4 Å². The molecule has 0 unspecified atom stereocenters. The van der Waals surface area contributed by atoms with Crippen molar-refractivity contribution < 1.29 is 9.47 Å². The summed E-state index contributed by atoms with van der Waals surface area (Å²) in [7, 11) is 1.60. The summed E-state index contributed by atoms with van der Waals surface area (Å²) in [5, 5.41) is 0. The van der Waals surface area contributed by atoms with Gasteiger partial charge in [-0.25, -0.2) is 9.97 Å². The molecule has 20 heavy (non-hydrogen) atoms. The van der Waals surface area contributed by atoms with Gasteiger partial charge in [-0.2, -0.15) is 0 Å². The van der Waals surface area contributed by atoms with Gasteiger partial charge >= 0.3 is 0 Å². The number of ether oxygens (including phenoxy) is 2. The van der Waals surface area contributed by atoms with E-state index in [9.17, 15) is 0 Å². The lowest BCUT2D eigenvalue weighted by atomic mass is 10.2. The lowest BCUT2D eigenvalue weighted by Gasteiger charge is -2.09. The van der Waals surface area contributed by atoms with Crippen LogP contribution in [0.2, 0.25) is 0 Å². The third-order valence-electron chi connectivity index (χ3n) is 2.49. The van der Waals surface area contributed by atoms with Gasteiger partial charge in [-0.3, -0.25) is 0 Å². The van der Waals surface area contributed by atoms with Crippen LogP contribution < -0.4 is 15.2 Å². The molecule has 0 bridgehead atoms. The van der Waals surface area contributed by atoms with E-state index in [1.807, 2.05) is 18.2 Å². The minimum absolute atomic E-state index is 0.282. The summed E-state index contributed by atoms with van der Waals surface area (Å²) in [5.74, 6) is 7.75. The molecular formula is C15H15N3O2. The summed E-state index contributed by atoms with van der Waals surface area (Å²) < 4.78 is 10.9. The fraction of sp³-hybridized carbons (Fsp3) is 0.200. The number of methoxy groups -OCH3 is 1. The van der Waals surface area contributed by atoms with E-state index in [4.69, 9.17) is 15.2 Å². The summed E-state index contributed by atoms with van der Waals surface area (Å²) in [6, 6.07) is 7.19.